The van der Waals surface area contributed by atoms with Crippen LogP contribution in [0.5, 0.6) is 0 Å². The van der Waals surface area contributed by atoms with Crippen LogP contribution in [0.2, 0.25) is 0 Å². The number of benzene rings is 2. The average molecular weight is 390 g/mol. The molecule has 0 radical (unpaired) electrons. The first-order valence-electron chi connectivity index (χ1n) is 9.69. The highest BCUT2D eigenvalue weighted by atomic mass is 19.1. The molecule has 0 unspecified atom stereocenters. The Morgan fingerprint density at radius 3 is 2.31 bits per heavy atom. The lowest BCUT2D eigenvalue weighted by Crippen LogP contribution is -2.46. The van der Waals surface area contributed by atoms with E-state index in [2.05, 4.69) is 51.3 Å². The molecule has 0 aliphatic carbocycles. The maximum atomic E-state index is 13.8. The van der Waals surface area contributed by atoms with E-state index in [9.17, 15) is 9.18 Å². The molecule has 6 heteroatoms. The van der Waals surface area contributed by atoms with E-state index < -0.39 is 11.7 Å². The average Bonchev–Trinajstić information content (AvgIpc) is 2.75. The molecule has 1 aliphatic rings. The Balaban J connectivity index is 1.43. The molecule has 0 atom stereocenters. The van der Waals surface area contributed by atoms with Gasteiger partial charge in [-0.15, -0.1) is 0 Å². The number of hydrogen-bond donors (Lipinski definition) is 1. The molecule has 3 aromatic rings. The Kier molecular flexibility index (Phi) is 5.42. The van der Waals surface area contributed by atoms with Gasteiger partial charge < -0.3 is 15.1 Å². The second kappa shape index (κ2) is 8.31. The van der Waals surface area contributed by atoms with Crippen LogP contribution < -0.4 is 15.1 Å². The van der Waals surface area contributed by atoms with Crippen molar-refractivity contribution in [2.24, 2.45) is 0 Å². The first-order chi connectivity index (χ1) is 14.1. The summed E-state index contributed by atoms with van der Waals surface area (Å²) in [6.07, 6.45) is 1.62. The highest BCUT2D eigenvalue weighted by Gasteiger charge is 2.19. The van der Waals surface area contributed by atoms with E-state index in [0.29, 0.717) is 0 Å². The van der Waals surface area contributed by atoms with Gasteiger partial charge in [-0.25, -0.2) is 4.39 Å². The number of anilines is 3. The van der Waals surface area contributed by atoms with Crippen molar-refractivity contribution < 1.29 is 9.18 Å². The minimum Gasteiger partial charge on any atom is -0.368 e. The molecular formula is C23H23FN4O. The molecule has 1 saturated heterocycles. The molecule has 1 N–H and O–H groups in total. The number of nitrogens with one attached hydrogen (secondary N) is 1. The fraction of sp³-hybridized carbons (Fsp3) is 0.217. The van der Waals surface area contributed by atoms with Crippen molar-refractivity contribution in [3.8, 4) is 0 Å². The van der Waals surface area contributed by atoms with Crippen LogP contribution in [0.1, 0.15) is 16.1 Å². The topological polar surface area (TPSA) is 48.5 Å². The van der Waals surface area contributed by atoms with Crippen LogP contribution in [0.15, 0.2) is 66.9 Å². The summed E-state index contributed by atoms with van der Waals surface area (Å²) in [6.45, 7) is 5.62. The van der Waals surface area contributed by atoms with E-state index in [-0.39, 0.29) is 11.4 Å². The van der Waals surface area contributed by atoms with E-state index in [1.54, 1.807) is 24.4 Å². The van der Waals surface area contributed by atoms with Crippen LogP contribution >= 0.6 is 0 Å². The second-order valence-electron chi connectivity index (χ2n) is 7.15. The predicted molar refractivity (Wildman–Crippen MR) is 114 cm³/mol. The van der Waals surface area contributed by atoms with Gasteiger partial charge in [0.1, 0.15) is 11.5 Å². The zero-order chi connectivity index (χ0) is 20.2. The smallest absolute Gasteiger partial charge is 0.274 e. The summed E-state index contributed by atoms with van der Waals surface area (Å²) < 4.78 is 13.8. The number of halogens is 1. The first-order valence-corrected chi connectivity index (χ1v) is 9.69. The monoisotopic (exact) mass is 390 g/mol. The van der Waals surface area contributed by atoms with Gasteiger partial charge in [0.05, 0.1) is 5.69 Å². The van der Waals surface area contributed by atoms with Gasteiger partial charge in [0.15, 0.2) is 0 Å². The minimum absolute atomic E-state index is 0.150. The van der Waals surface area contributed by atoms with Crippen molar-refractivity contribution >= 4 is 23.0 Å². The van der Waals surface area contributed by atoms with Gasteiger partial charge in [-0.2, -0.15) is 0 Å². The number of carbonyl (C=O) groups is 1. The maximum absolute atomic E-state index is 13.8. The minimum atomic E-state index is -0.468. The molecule has 5 nitrogen and oxygen atoms in total. The number of aryl methyl sites for hydroxylation is 1. The number of carbonyl (C=O) groups excluding carboxylic acids is 1. The van der Waals surface area contributed by atoms with Gasteiger partial charge in [0, 0.05) is 43.8 Å². The van der Waals surface area contributed by atoms with Gasteiger partial charge in [0.2, 0.25) is 0 Å². The third-order valence-electron chi connectivity index (χ3n) is 5.11. The van der Waals surface area contributed by atoms with Crippen molar-refractivity contribution in [1.29, 1.82) is 0 Å². The van der Waals surface area contributed by atoms with E-state index in [4.69, 9.17) is 0 Å². The van der Waals surface area contributed by atoms with E-state index >= 15 is 0 Å². The summed E-state index contributed by atoms with van der Waals surface area (Å²) in [5.74, 6) is -0.889. The summed E-state index contributed by atoms with van der Waals surface area (Å²) in [5, 5.41) is 2.59. The van der Waals surface area contributed by atoms with Crippen LogP contribution in [-0.4, -0.2) is 37.1 Å². The Hall–Kier alpha value is -3.41. The molecule has 148 valence electrons. The maximum Gasteiger partial charge on any atom is 0.274 e. The lowest BCUT2D eigenvalue weighted by Gasteiger charge is -2.37. The Morgan fingerprint density at radius 2 is 1.62 bits per heavy atom. The largest absolute Gasteiger partial charge is 0.368 e. The summed E-state index contributed by atoms with van der Waals surface area (Å²) in [7, 11) is 0. The third-order valence-corrected chi connectivity index (χ3v) is 5.11. The quantitative estimate of drug-likeness (QED) is 0.728. The molecule has 1 aromatic heterocycles. The van der Waals surface area contributed by atoms with Gasteiger partial charge in [-0.3, -0.25) is 9.78 Å². The molecule has 1 aliphatic heterocycles. The number of nitrogens with zero attached hydrogens (tertiary/aromatic N) is 3. The first kappa shape index (κ1) is 18.9. The Bertz CT molecular complexity index is 1020. The number of rotatable bonds is 4. The lowest BCUT2D eigenvalue weighted by molar-refractivity contribution is 0.102. The second-order valence-corrected chi connectivity index (χ2v) is 7.15. The highest BCUT2D eigenvalue weighted by molar-refractivity contribution is 6.03. The van der Waals surface area contributed by atoms with Crippen LogP contribution in [0, 0.1) is 12.7 Å². The molecule has 0 saturated carbocycles. The van der Waals surface area contributed by atoms with Crippen molar-refractivity contribution in [2.75, 3.05) is 41.3 Å². The standard InChI is InChI=1S/C23H23FN4O/c1-17-5-4-6-18(15-17)27-11-13-28(14-12-27)19-9-10-25-22(16-19)23(29)26-21-8-3-2-7-20(21)24/h2-10,15-16H,11-14H2,1H3,(H,26,29). The molecule has 29 heavy (non-hydrogen) atoms. The van der Waals surface area contributed by atoms with E-state index in [1.165, 1.54) is 23.4 Å². The summed E-state index contributed by atoms with van der Waals surface area (Å²) in [6, 6.07) is 18.3. The molecule has 1 amide bonds. The number of amides is 1. The van der Waals surface area contributed by atoms with Gasteiger partial charge in [-0.05, 0) is 48.9 Å². The predicted octanol–water partition coefficient (Wildman–Crippen LogP) is 4.11. The van der Waals surface area contributed by atoms with Gasteiger partial charge in [0.25, 0.3) is 5.91 Å². The summed E-state index contributed by atoms with van der Waals surface area (Å²) >= 11 is 0. The molecule has 1 fully saturated rings. The Morgan fingerprint density at radius 1 is 0.931 bits per heavy atom. The molecule has 4 rings (SSSR count). The van der Waals surface area contributed by atoms with Crippen molar-refractivity contribution in [2.45, 2.75) is 6.92 Å². The summed E-state index contributed by atoms with van der Waals surface area (Å²) in [5.41, 5.74) is 3.86. The number of pyridine rings is 1. The van der Waals surface area contributed by atoms with Crippen LogP contribution in [-0.2, 0) is 0 Å². The fourth-order valence-electron chi connectivity index (χ4n) is 3.54. The van der Waals surface area contributed by atoms with E-state index in [0.717, 1.165) is 31.9 Å². The molecular weight excluding hydrogens is 367 g/mol. The van der Waals surface area contributed by atoms with Crippen molar-refractivity contribution in [3.63, 3.8) is 0 Å². The van der Waals surface area contributed by atoms with Crippen LogP contribution in [0.3, 0.4) is 0 Å². The number of para-hydroxylation sites is 1. The zero-order valence-electron chi connectivity index (χ0n) is 16.3. The van der Waals surface area contributed by atoms with Crippen LogP contribution in [0.25, 0.3) is 0 Å². The fourth-order valence-corrected chi connectivity index (χ4v) is 3.54. The zero-order valence-corrected chi connectivity index (χ0v) is 16.3. The summed E-state index contributed by atoms with van der Waals surface area (Å²) in [4.78, 5) is 21.3. The van der Waals surface area contributed by atoms with Crippen LogP contribution in [0.4, 0.5) is 21.5 Å². The van der Waals surface area contributed by atoms with Gasteiger partial charge >= 0.3 is 0 Å². The SMILES string of the molecule is Cc1cccc(N2CCN(c3ccnc(C(=O)Nc4ccccc4F)c3)CC2)c1. The number of hydrogen-bond acceptors (Lipinski definition) is 4. The van der Waals surface area contributed by atoms with Crippen molar-refractivity contribution in [3.05, 3.63) is 83.9 Å². The normalized spacial score (nSPS) is 14.0. The molecule has 2 aromatic carbocycles. The Labute approximate surface area is 169 Å². The van der Waals surface area contributed by atoms with Gasteiger partial charge in [-0.1, -0.05) is 24.3 Å². The highest BCUT2D eigenvalue weighted by Crippen LogP contribution is 2.22. The molecule has 0 spiro atoms. The lowest BCUT2D eigenvalue weighted by atomic mass is 10.2. The number of piperazine rings is 1. The van der Waals surface area contributed by atoms with E-state index in [1.807, 2.05) is 6.07 Å². The third kappa shape index (κ3) is 4.37. The molecule has 0 bridgehead atoms. The number of aromatic nitrogens is 1. The van der Waals surface area contributed by atoms with Crippen molar-refractivity contribution in [1.82, 2.24) is 4.98 Å². The molecule has 2 heterocycles.